The highest BCUT2D eigenvalue weighted by molar-refractivity contribution is 7.99. The van der Waals surface area contributed by atoms with Crippen molar-refractivity contribution in [1.82, 2.24) is 33.7 Å². The molecule has 53 heavy (non-hydrogen) atoms. The fraction of sp³-hybridized carbons (Fsp3) is 0.211. The Bertz CT molecular complexity index is 2570. The Morgan fingerprint density at radius 1 is 0.943 bits per heavy atom. The van der Waals surface area contributed by atoms with Crippen LogP contribution in [0.4, 0.5) is 10.7 Å². The first-order chi connectivity index (χ1) is 25.8. The molecule has 268 valence electrons. The van der Waals surface area contributed by atoms with Gasteiger partial charge < -0.3 is 15.2 Å². The fourth-order valence-electron chi connectivity index (χ4n) is 6.74. The van der Waals surface area contributed by atoms with Crippen molar-refractivity contribution in [1.29, 1.82) is 0 Å². The lowest BCUT2D eigenvalue weighted by atomic mass is 9.95. The minimum atomic E-state index is -0.423. The van der Waals surface area contributed by atoms with Crippen molar-refractivity contribution in [3.63, 3.8) is 0 Å². The lowest BCUT2D eigenvalue weighted by Gasteiger charge is -2.13. The number of benzene rings is 3. The first-order valence-corrected chi connectivity index (χ1v) is 19.3. The molecule has 0 atom stereocenters. The van der Waals surface area contributed by atoms with Crippen LogP contribution in [0.15, 0.2) is 95.1 Å². The molecule has 0 spiro atoms. The topological polar surface area (TPSA) is 134 Å². The zero-order valence-corrected chi connectivity index (χ0v) is 31.3. The zero-order chi connectivity index (χ0) is 36.6. The van der Waals surface area contributed by atoms with Crippen LogP contribution in [0.1, 0.15) is 45.2 Å². The normalized spacial score (nSPS) is 12.6. The summed E-state index contributed by atoms with van der Waals surface area (Å²) >= 11 is 9.33. The summed E-state index contributed by atoms with van der Waals surface area (Å²) in [4.78, 5) is 46.9. The molecule has 0 saturated carbocycles. The number of aryl methyl sites for hydroxylation is 1. The Hall–Kier alpha value is -5.44. The summed E-state index contributed by atoms with van der Waals surface area (Å²) in [6.07, 6.45) is 5.26. The number of imidazole rings is 1. The second kappa shape index (κ2) is 14.5. The van der Waals surface area contributed by atoms with Gasteiger partial charge in [-0.3, -0.25) is 23.6 Å². The van der Waals surface area contributed by atoms with Crippen molar-refractivity contribution >= 4 is 68.2 Å². The molecule has 4 aromatic heterocycles. The molecular weight excluding hydrogens is 730 g/mol. The molecule has 12 nitrogen and oxygen atoms in total. The number of carbonyl (C=O) groups excluding carboxylic acids is 2. The largest absolute Gasteiger partial charge is 0.323 e. The third-order valence-electron chi connectivity index (χ3n) is 9.41. The number of thioether (sulfide) groups is 1. The van der Waals surface area contributed by atoms with Crippen LogP contribution in [0.5, 0.6) is 0 Å². The number of amides is 2. The number of hydrogen-bond acceptors (Lipinski definition) is 8. The average Bonchev–Trinajstić information content (AvgIpc) is 3.92. The summed E-state index contributed by atoms with van der Waals surface area (Å²) in [6.45, 7) is 2.17. The Labute approximate surface area is 317 Å². The molecule has 1 aliphatic carbocycles. The van der Waals surface area contributed by atoms with Crippen molar-refractivity contribution < 1.29 is 9.59 Å². The number of halogens is 1. The van der Waals surface area contributed by atoms with Crippen molar-refractivity contribution in [2.45, 2.75) is 44.3 Å². The molecule has 8 rings (SSSR count). The number of carbonyl (C=O) groups is 2. The van der Waals surface area contributed by atoms with Crippen molar-refractivity contribution in [2.24, 2.45) is 7.05 Å². The molecule has 4 heterocycles. The molecule has 0 radical (unpaired) electrons. The van der Waals surface area contributed by atoms with Gasteiger partial charge in [-0.15, -0.1) is 21.5 Å². The van der Waals surface area contributed by atoms with Gasteiger partial charge in [0.2, 0.25) is 5.91 Å². The van der Waals surface area contributed by atoms with Crippen molar-refractivity contribution in [2.75, 3.05) is 16.4 Å². The number of para-hydroxylation sites is 4. The molecule has 2 N–H and O–H groups in total. The highest BCUT2D eigenvalue weighted by atomic mass is 35.5. The number of thiophene rings is 1. The van der Waals surface area contributed by atoms with Gasteiger partial charge in [0.05, 0.1) is 57.3 Å². The lowest BCUT2D eigenvalue weighted by molar-refractivity contribution is -0.113. The van der Waals surface area contributed by atoms with Crippen LogP contribution < -0.4 is 16.2 Å². The molecule has 0 bridgehead atoms. The van der Waals surface area contributed by atoms with E-state index in [-0.39, 0.29) is 22.9 Å². The molecule has 0 saturated heterocycles. The third-order valence-corrected chi connectivity index (χ3v) is 11.9. The van der Waals surface area contributed by atoms with Gasteiger partial charge in [0.15, 0.2) is 11.0 Å². The summed E-state index contributed by atoms with van der Waals surface area (Å²) in [6, 6.07) is 24.6. The highest BCUT2D eigenvalue weighted by Crippen LogP contribution is 2.39. The van der Waals surface area contributed by atoms with Gasteiger partial charge in [0, 0.05) is 11.9 Å². The van der Waals surface area contributed by atoms with Crippen LogP contribution in [0.25, 0.3) is 22.4 Å². The average molecular weight is 764 g/mol. The zero-order valence-electron chi connectivity index (χ0n) is 28.9. The number of aromatic nitrogens is 7. The number of fused-ring (bicyclic) bond motifs is 2. The molecular formula is C38H34ClN9O3S2. The number of rotatable bonds is 10. The SMILES string of the molecule is Cc1c(NC(=O)c2c(NC(=O)CSc3nnc(Cn4cnc5ccccc54)n3-c3ccccc3Cl)sc3c2CCCC3)c(=O)n(-c2ccccc2)n1C. The van der Waals surface area contributed by atoms with Crippen LogP contribution >= 0.6 is 34.7 Å². The van der Waals surface area contributed by atoms with Gasteiger partial charge >= 0.3 is 0 Å². The van der Waals surface area contributed by atoms with Gasteiger partial charge in [0.1, 0.15) is 10.7 Å². The maximum absolute atomic E-state index is 14.1. The molecule has 7 aromatic rings. The Morgan fingerprint density at radius 3 is 2.53 bits per heavy atom. The maximum Gasteiger partial charge on any atom is 0.295 e. The van der Waals surface area contributed by atoms with Gasteiger partial charge in [-0.1, -0.05) is 65.8 Å². The number of anilines is 2. The summed E-state index contributed by atoms with van der Waals surface area (Å²) in [7, 11) is 1.78. The standard InChI is InChI=1S/C38H34ClN9O3S2/c1-23-34(37(51)48(45(23)2)24-12-4-3-5-13-24)42-35(50)33-25-14-6-11-19-30(25)53-36(33)41-32(49)21-52-38-44-43-31(47(38)28-17-9-7-15-26(28)39)20-46-22-40-27-16-8-10-18-29(27)46/h3-5,7-10,12-13,15-18,22H,6,11,14,19-21H2,1-2H3,(H,41,49)(H,42,50). The van der Waals surface area contributed by atoms with E-state index in [4.69, 9.17) is 11.6 Å². The molecule has 2 amide bonds. The van der Waals surface area contributed by atoms with E-state index in [1.165, 1.54) is 27.8 Å². The Morgan fingerprint density at radius 2 is 1.70 bits per heavy atom. The van der Waals surface area contributed by atoms with E-state index in [9.17, 15) is 14.4 Å². The Balaban J connectivity index is 1.05. The van der Waals surface area contributed by atoms with Gasteiger partial charge in [0.25, 0.3) is 11.5 Å². The summed E-state index contributed by atoms with van der Waals surface area (Å²) < 4.78 is 7.11. The number of nitrogens with zero attached hydrogens (tertiary/aromatic N) is 7. The van der Waals surface area contributed by atoms with E-state index in [0.717, 1.165) is 47.2 Å². The predicted molar refractivity (Wildman–Crippen MR) is 209 cm³/mol. The maximum atomic E-state index is 14.1. The smallest absolute Gasteiger partial charge is 0.295 e. The van der Waals surface area contributed by atoms with Gasteiger partial charge in [-0.05, 0) is 74.6 Å². The van der Waals surface area contributed by atoms with E-state index in [0.29, 0.717) is 50.2 Å². The van der Waals surface area contributed by atoms with E-state index >= 15 is 0 Å². The summed E-state index contributed by atoms with van der Waals surface area (Å²) in [5.41, 5.74) is 5.01. The minimum Gasteiger partial charge on any atom is -0.323 e. The second-order valence-electron chi connectivity index (χ2n) is 12.7. The molecule has 1 aliphatic rings. The van der Waals surface area contributed by atoms with Crippen molar-refractivity contribution in [3.05, 3.63) is 128 Å². The van der Waals surface area contributed by atoms with Gasteiger partial charge in [-0.2, -0.15) is 0 Å². The molecule has 0 aliphatic heterocycles. The van der Waals surface area contributed by atoms with E-state index in [1.807, 2.05) is 81.9 Å². The quantitative estimate of drug-likeness (QED) is 0.143. The first-order valence-electron chi connectivity index (χ1n) is 17.1. The van der Waals surface area contributed by atoms with E-state index in [1.54, 1.807) is 31.0 Å². The van der Waals surface area contributed by atoms with Crippen LogP contribution in [-0.4, -0.2) is 51.2 Å². The summed E-state index contributed by atoms with van der Waals surface area (Å²) in [5, 5.41) is 16.4. The molecule has 0 fully saturated rings. The molecule has 3 aromatic carbocycles. The van der Waals surface area contributed by atoms with E-state index in [2.05, 4.69) is 25.8 Å². The minimum absolute atomic E-state index is 0.000203. The van der Waals surface area contributed by atoms with Crippen molar-refractivity contribution in [3.8, 4) is 11.4 Å². The molecule has 15 heteroatoms. The van der Waals surface area contributed by atoms with Gasteiger partial charge in [-0.25, -0.2) is 9.67 Å². The first kappa shape index (κ1) is 34.6. The van der Waals surface area contributed by atoms with Crippen LogP contribution in [0.3, 0.4) is 0 Å². The number of nitrogens with one attached hydrogen (secondary N) is 2. The lowest BCUT2D eigenvalue weighted by Crippen LogP contribution is -2.24. The monoisotopic (exact) mass is 763 g/mol. The Kier molecular flexibility index (Phi) is 9.49. The van der Waals surface area contributed by atoms with Crippen LogP contribution in [0.2, 0.25) is 5.02 Å². The van der Waals surface area contributed by atoms with Crippen LogP contribution in [-0.2, 0) is 31.2 Å². The molecule has 0 unspecified atom stereocenters. The van der Waals surface area contributed by atoms with E-state index < -0.39 is 5.91 Å². The third kappa shape index (κ3) is 6.58. The predicted octanol–water partition coefficient (Wildman–Crippen LogP) is 7.04. The second-order valence-corrected chi connectivity index (χ2v) is 15.1. The fourth-order valence-corrected chi connectivity index (χ4v) is 9.02. The summed E-state index contributed by atoms with van der Waals surface area (Å²) in [5.74, 6) is -0.106. The van der Waals surface area contributed by atoms with Crippen LogP contribution in [0, 0.1) is 6.92 Å². The highest BCUT2D eigenvalue weighted by Gasteiger charge is 2.29. The number of hydrogen-bond donors (Lipinski definition) is 2.